The fraction of sp³-hybridized carbons (Fsp3) is 0.900. The van der Waals surface area contributed by atoms with Gasteiger partial charge in [-0.2, -0.15) is 0 Å². The van der Waals surface area contributed by atoms with Crippen LogP contribution in [0.5, 0.6) is 0 Å². The van der Waals surface area contributed by atoms with Gasteiger partial charge in [0.25, 0.3) is 0 Å². The molecule has 3 nitrogen and oxygen atoms in total. The van der Waals surface area contributed by atoms with E-state index in [-0.39, 0.29) is 6.67 Å². The van der Waals surface area contributed by atoms with Gasteiger partial charge in [0.2, 0.25) is 0 Å². The number of rotatable bonds is 3. The number of likely N-dealkylation sites (tertiary alicyclic amines) is 1. The number of nitrogens with zero attached hydrogens (tertiary/aromatic N) is 2. The highest BCUT2D eigenvalue weighted by Gasteiger charge is 2.16. The van der Waals surface area contributed by atoms with Crippen LogP contribution in [0, 0.1) is 5.92 Å². The van der Waals surface area contributed by atoms with Gasteiger partial charge >= 0.3 is 0 Å². The maximum Gasteiger partial charge on any atom is 0.191 e. The van der Waals surface area contributed by atoms with Crippen LogP contribution in [0.3, 0.4) is 0 Å². The molecule has 0 unspecified atom stereocenters. The predicted molar refractivity (Wildman–Crippen MR) is 57.1 cm³/mol. The number of nitrogens with two attached hydrogens (primary N) is 1. The molecule has 1 saturated heterocycles. The molecule has 0 saturated carbocycles. The topological polar surface area (TPSA) is 41.6 Å². The lowest BCUT2D eigenvalue weighted by molar-refractivity contribution is 0.277. The smallest absolute Gasteiger partial charge is 0.191 e. The van der Waals surface area contributed by atoms with Crippen molar-refractivity contribution in [3.8, 4) is 0 Å². The summed E-state index contributed by atoms with van der Waals surface area (Å²) in [5, 5.41) is 0. The minimum Gasteiger partial charge on any atom is -0.370 e. The minimum absolute atomic E-state index is 0.312. The molecule has 0 aromatic heterocycles. The Balaban J connectivity index is 2.29. The molecule has 0 atom stereocenters. The second kappa shape index (κ2) is 5.83. The number of alkyl halides is 1. The third kappa shape index (κ3) is 3.52. The average molecular weight is 201 g/mol. The predicted octanol–water partition coefficient (Wildman–Crippen LogP) is 1.39. The molecule has 0 amide bonds. The van der Waals surface area contributed by atoms with Crippen molar-refractivity contribution in [1.82, 2.24) is 4.90 Å². The molecule has 1 rings (SSSR count). The molecule has 1 aliphatic rings. The van der Waals surface area contributed by atoms with Crippen LogP contribution in [-0.4, -0.2) is 37.2 Å². The van der Waals surface area contributed by atoms with Crippen LogP contribution in [0.4, 0.5) is 4.39 Å². The summed E-state index contributed by atoms with van der Waals surface area (Å²) in [6, 6.07) is 0. The molecule has 4 heteroatoms. The summed E-state index contributed by atoms with van der Waals surface area (Å²) in [5.74, 6) is 1.38. The van der Waals surface area contributed by atoms with E-state index in [2.05, 4.69) is 16.8 Å². The summed E-state index contributed by atoms with van der Waals surface area (Å²) in [6.45, 7) is 4.44. The van der Waals surface area contributed by atoms with Crippen molar-refractivity contribution in [3.63, 3.8) is 0 Å². The van der Waals surface area contributed by atoms with Crippen molar-refractivity contribution in [2.75, 3.05) is 26.3 Å². The van der Waals surface area contributed by atoms with E-state index in [4.69, 9.17) is 5.73 Å². The van der Waals surface area contributed by atoms with E-state index in [9.17, 15) is 4.39 Å². The second-order valence-corrected chi connectivity index (χ2v) is 3.95. The molecular weight excluding hydrogens is 181 g/mol. The molecule has 82 valence electrons. The van der Waals surface area contributed by atoms with Gasteiger partial charge in [0.05, 0.1) is 6.67 Å². The van der Waals surface area contributed by atoms with Crippen molar-refractivity contribution < 1.29 is 4.39 Å². The lowest BCUT2D eigenvalue weighted by atomic mass is 10.00. The highest BCUT2D eigenvalue weighted by Crippen LogP contribution is 2.15. The zero-order valence-corrected chi connectivity index (χ0v) is 8.88. The summed E-state index contributed by atoms with van der Waals surface area (Å²) in [7, 11) is 0. The standard InChI is InChI=1S/C10H20FN3/c1-9-3-7-14(8-4-9)10(12)13-6-2-5-11/h9H,2-8H2,1H3,(H2,12,13). The Bertz CT molecular complexity index is 186. The van der Waals surface area contributed by atoms with E-state index in [0.717, 1.165) is 19.0 Å². The van der Waals surface area contributed by atoms with E-state index in [1.807, 2.05) is 0 Å². The highest BCUT2D eigenvalue weighted by molar-refractivity contribution is 5.78. The molecule has 2 N–H and O–H groups in total. The molecule has 0 spiro atoms. The van der Waals surface area contributed by atoms with E-state index >= 15 is 0 Å². The molecule has 0 aromatic carbocycles. The first-order valence-corrected chi connectivity index (χ1v) is 5.35. The highest BCUT2D eigenvalue weighted by atomic mass is 19.1. The van der Waals surface area contributed by atoms with Gasteiger partial charge < -0.3 is 10.6 Å². The molecule has 0 radical (unpaired) electrons. The molecular formula is C10H20FN3. The summed E-state index contributed by atoms with van der Waals surface area (Å²) in [6.07, 6.45) is 2.84. The van der Waals surface area contributed by atoms with E-state index < -0.39 is 0 Å². The lowest BCUT2D eigenvalue weighted by Gasteiger charge is -2.30. The zero-order valence-electron chi connectivity index (χ0n) is 8.88. The quantitative estimate of drug-likeness (QED) is 0.426. The van der Waals surface area contributed by atoms with Gasteiger partial charge in [0.15, 0.2) is 5.96 Å². The Kier molecular flexibility index (Phi) is 4.70. The molecule has 14 heavy (non-hydrogen) atoms. The van der Waals surface area contributed by atoms with Gasteiger partial charge in [-0.15, -0.1) is 0 Å². The zero-order chi connectivity index (χ0) is 10.4. The molecule has 1 aliphatic heterocycles. The normalized spacial score (nSPS) is 20.1. The third-order valence-electron chi connectivity index (χ3n) is 2.67. The first-order chi connectivity index (χ1) is 6.74. The number of hydrogen-bond donors (Lipinski definition) is 1. The largest absolute Gasteiger partial charge is 0.370 e. The Labute approximate surface area is 85.2 Å². The number of piperidine rings is 1. The average Bonchev–Trinajstić information content (AvgIpc) is 2.19. The van der Waals surface area contributed by atoms with Crippen LogP contribution in [-0.2, 0) is 0 Å². The first-order valence-electron chi connectivity index (χ1n) is 5.35. The van der Waals surface area contributed by atoms with Gasteiger partial charge in [-0.05, 0) is 25.2 Å². The fourth-order valence-electron chi connectivity index (χ4n) is 1.59. The molecule has 1 fully saturated rings. The van der Waals surface area contributed by atoms with Crippen LogP contribution in [0.2, 0.25) is 0 Å². The van der Waals surface area contributed by atoms with Gasteiger partial charge in [0, 0.05) is 19.6 Å². The molecule has 1 heterocycles. The van der Waals surface area contributed by atoms with Crippen molar-refractivity contribution in [1.29, 1.82) is 0 Å². The number of guanidine groups is 1. The van der Waals surface area contributed by atoms with Crippen molar-refractivity contribution >= 4 is 5.96 Å². The maximum absolute atomic E-state index is 11.8. The van der Waals surface area contributed by atoms with Crippen molar-refractivity contribution in [2.24, 2.45) is 16.6 Å². The third-order valence-corrected chi connectivity index (χ3v) is 2.67. The first kappa shape index (κ1) is 11.3. The SMILES string of the molecule is CC1CCN(C(N)=NCCCF)CC1. The fourth-order valence-corrected chi connectivity index (χ4v) is 1.59. The summed E-state index contributed by atoms with van der Waals surface area (Å²) in [5.41, 5.74) is 5.79. The van der Waals surface area contributed by atoms with Crippen LogP contribution < -0.4 is 5.73 Å². The Hall–Kier alpha value is -0.800. The summed E-state index contributed by atoms with van der Waals surface area (Å²) in [4.78, 5) is 6.24. The summed E-state index contributed by atoms with van der Waals surface area (Å²) >= 11 is 0. The van der Waals surface area contributed by atoms with Crippen LogP contribution in [0.15, 0.2) is 4.99 Å². The monoisotopic (exact) mass is 201 g/mol. The minimum atomic E-state index is -0.312. The van der Waals surface area contributed by atoms with E-state index in [1.54, 1.807) is 0 Å². The second-order valence-electron chi connectivity index (χ2n) is 3.95. The Morgan fingerprint density at radius 2 is 2.14 bits per heavy atom. The molecule has 0 aromatic rings. The van der Waals surface area contributed by atoms with Gasteiger partial charge in [0.1, 0.15) is 0 Å². The Morgan fingerprint density at radius 1 is 1.50 bits per heavy atom. The number of aliphatic imine (C=N–C) groups is 1. The van der Waals surface area contributed by atoms with Crippen molar-refractivity contribution in [3.05, 3.63) is 0 Å². The van der Waals surface area contributed by atoms with Crippen molar-refractivity contribution in [2.45, 2.75) is 26.2 Å². The van der Waals surface area contributed by atoms with Gasteiger partial charge in [-0.3, -0.25) is 9.38 Å². The lowest BCUT2D eigenvalue weighted by Crippen LogP contribution is -2.42. The number of halogens is 1. The van der Waals surface area contributed by atoms with Crippen LogP contribution in [0.25, 0.3) is 0 Å². The van der Waals surface area contributed by atoms with Gasteiger partial charge in [-0.1, -0.05) is 6.92 Å². The summed E-state index contributed by atoms with van der Waals surface area (Å²) < 4.78 is 11.8. The molecule has 0 bridgehead atoms. The van der Waals surface area contributed by atoms with E-state index in [0.29, 0.717) is 18.9 Å². The molecule has 0 aliphatic carbocycles. The van der Waals surface area contributed by atoms with E-state index in [1.165, 1.54) is 12.8 Å². The van der Waals surface area contributed by atoms with Crippen LogP contribution >= 0.6 is 0 Å². The number of hydrogen-bond acceptors (Lipinski definition) is 1. The van der Waals surface area contributed by atoms with Gasteiger partial charge in [-0.25, -0.2) is 0 Å². The van der Waals surface area contributed by atoms with Crippen LogP contribution in [0.1, 0.15) is 26.2 Å². The maximum atomic E-state index is 11.8. The Morgan fingerprint density at radius 3 is 2.71 bits per heavy atom.